The summed E-state index contributed by atoms with van der Waals surface area (Å²) in [4.78, 5) is 11.0. The van der Waals surface area contributed by atoms with Gasteiger partial charge >= 0.3 is 5.97 Å². The minimum atomic E-state index is -0.862. The van der Waals surface area contributed by atoms with Crippen molar-refractivity contribution in [1.82, 2.24) is 0 Å². The molecule has 0 heterocycles. The monoisotopic (exact) mass is 250 g/mol. The number of benzene rings is 1. The standard InChI is InChI=1S/C15H22O3/c1-4-5-7-12-8-6-9-13(10-12)18-11-15(2,3)14(16)17/h6,8-10H,4-5,7,11H2,1-3H3,(H,16,17). The van der Waals surface area contributed by atoms with E-state index >= 15 is 0 Å². The molecule has 0 aliphatic heterocycles. The predicted octanol–water partition coefficient (Wildman–Crippen LogP) is 3.52. The Morgan fingerprint density at radius 1 is 1.39 bits per heavy atom. The van der Waals surface area contributed by atoms with Gasteiger partial charge in [0, 0.05) is 0 Å². The van der Waals surface area contributed by atoms with Crippen LogP contribution in [0.15, 0.2) is 24.3 Å². The summed E-state index contributed by atoms with van der Waals surface area (Å²) in [6.07, 6.45) is 3.36. The fraction of sp³-hybridized carbons (Fsp3) is 0.533. The van der Waals surface area contributed by atoms with Crippen LogP contribution in [0.2, 0.25) is 0 Å². The van der Waals surface area contributed by atoms with E-state index in [4.69, 9.17) is 9.84 Å². The van der Waals surface area contributed by atoms with Gasteiger partial charge < -0.3 is 9.84 Å². The van der Waals surface area contributed by atoms with Crippen LogP contribution >= 0.6 is 0 Å². The average molecular weight is 250 g/mol. The summed E-state index contributed by atoms with van der Waals surface area (Å²) in [6.45, 7) is 5.67. The molecule has 1 aromatic carbocycles. The van der Waals surface area contributed by atoms with Crippen LogP contribution in [0.4, 0.5) is 0 Å². The number of aryl methyl sites for hydroxylation is 1. The number of carboxylic acids is 1. The maximum absolute atomic E-state index is 11.0. The molecule has 0 radical (unpaired) electrons. The number of carboxylic acid groups (broad SMARTS) is 1. The van der Waals surface area contributed by atoms with Gasteiger partial charge in [-0.15, -0.1) is 0 Å². The van der Waals surface area contributed by atoms with Crippen molar-refractivity contribution in [2.45, 2.75) is 40.0 Å². The van der Waals surface area contributed by atoms with Crippen LogP contribution < -0.4 is 4.74 Å². The molecule has 0 saturated carbocycles. The highest BCUT2D eigenvalue weighted by molar-refractivity contribution is 5.73. The number of aliphatic carboxylic acids is 1. The molecule has 3 nitrogen and oxygen atoms in total. The molecule has 0 amide bonds. The molecule has 0 saturated heterocycles. The summed E-state index contributed by atoms with van der Waals surface area (Å²) in [5.74, 6) is -0.0948. The van der Waals surface area contributed by atoms with Gasteiger partial charge in [-0.2, -0.15) is 0 Å². The first-order valence-corrected chi connectivity index (χ1v) is 6.41. The lowest BCUT2D eigenvalue weighted by Crippen LogP contribution is -2.30. The average Bonchev–Trinajstić information content (AvgIpc) is 2.34. The largest absolute Gasteiger partial charge is 0.492 e. The van der Waals surface area contributed by atoms with Gasteiger partial charge in [-0.25, -0.2) is 0 Å². The third-order valence-corrected chi connectivity index (χ3v) is 2.90. The quantitative estimate of drug-likeness (QED) is 0.805. The smallest absolute Gasteiger partial charge is 0.312 e. The lowest BCUT2D eigenvalue weighted by Gasteiger charge is -2.19. The van der Waals surface area contributed by atoms with E-state index in [2.05, 4.69) is 13.0 Å². The van der Waals surface area contributed by atoms with E-state index in [9.17, 15) is 4.79 Å². The van der Waals surface area contributed by atoms with Gasteiger partial charge in [0.25, 0.3) is 0 Å². The zero-order chi connectivity index (χ0) is 13.6. The van der Waals surface area contributed by atoms with Crippen molar-refractivity contribution in [3.63, 3.8) is 0 Å². The minimum Gasteiger partial charge on any atom is -0.492 e. The molecular weight excluding hydrogens is 228 g/mol. The van der Waals surface area contributed by atoms with Gasteiger partial charge in [-0.3, -0.25) is 4.79 Å². The molecule has 100 valence electrons. The number of hydrogen-bond donors (Lipinski definition) is 1. The van der Waals surface area contributed by atoms with E-state index < -0.39 is 11.4 Å². The molecule has 0 aliphatic rings. The number of unbranched alkanes of at least 4 members (excludes halogenated alkanes) is 1. The van der Waals surface area contributed by atoms with Gasteiger partial charge in [0.15, 0.2) is 0 Å². The van der Waals surface area contributed by atoms with Crippen LogP contribution in [-0.2, 0) is 11.2 Å². The van der Waals surface area contributed by atoms with E-state index in [0.29, 0.717) is 0 Å². The highest BCUT2D eigenvalue weighted by Crippen LogP contribution is 2.20. The Bertz CT molecular complexity index is 396. The predicted molar refractivity (Wildman–Crippen MR) is 72.0 cm³/mol. The first-order valence-electron chi connectivity index (χ1n) is 6.41. The highest BCUT2D eigenvalue weighted by atomic mass is 16.5. The van der Waals surface area contributed by atoms with Gasteiger partial charge in [0.1, 0.15) is 12.4 Å². The number of rotatable bonds is 7. The Balaban J connectivity index is 2.60. The van der Waals surface area contributed by atoms with Gasteiger partial charge in [-0.05, 0) is 44.4 Å². The van der Waals surface area contributed by atoms with E-state index in [0.717, 1.165) is 25.0 Å². The lowest BCUT2D eigenvalue weighted by atomic mass is 9.95. The van der Waals surface area contributed by atoms with Gasteiger partial charge in [-0.1, -0.05) is 25.5 Å². The van der Waals surface area contributed by atoms with Crippen molar-refractivity contribution in [3.05, 3.63) is 29.8 Å². The second-order valence-electron chi connectivity index (χ2n) is 5.23. The fourth-order valence-corrected chi connectivity index (χ4v) is 1.50. The molecule has 0 aliphatic carbocycles. The second-order valence-corrected chi connectivity index (χ2v) is 5.23. The van der Waals surface area contributed by atoms with Gasteiger partial charge in [0.05, 0.1) is 5.41 Å². The van der Waals surface area contributed by atoms with Crippen molar-refractivity contribution in [3.8, 4) is 5.75 Å². The summed E-state index contributed by atoms with van der Waals surface area (Å²) in [7, 11) is 0. The fourth-order valence-electron chi connectivity index (χ4n) is 1.50. The van der Waals surface area contributed by atoms with E-state index in [-0.39, 0.29) is 6.61 Å². The maximum Gasteiger partial charge on any atom is 0.312 e. The Morgan fingerprint density at radius 2 is 2.11 bits per heavy atom. The Kier molecular flexibility index (Phi) is 5.20. The molecule has 0 bridgehead atoms. The summed E-state index contributed by atoms with van der Waals surface area (Å²) in [5, 5.41) is 9.01. The molecular formula is C15H22O3. The molecule has 0 atom stereocenters. The van der Waals surface area contributed by atoms with Crippen LogP contribution in [0.1, 0.15) is 39.2 Å². The van der Waals surface area contributed by atoms with Crippen LogP contribution in [0.5, 0.6) is 5.75 Å². The van der Waals surface area contributed by atoms with Crippen LogP contribution in [-0.4, -0.2) is 17.7 Å². The molecule has 0 unspecified atom stereocenters. The lowest BCUT2D eigenvalue weighted by molar-refractivity contribution is -0.148. The zero-order valence-corrected chi connectivity index (χ0v) is 11.4. The summed E-state index contributed by atoms with van der Waals surface area (Å²) >= 11 is 0. The molecule has 1 aromatic rings. The van der Waals surface area contributed by atoms with Gasteiger partial charge in [0.2, 0.25) is 0 Å². The highest BCUT2D eigenvalue weighted by Gasteiger charge is 2.28. The van der Waals surface area contributed by atoms with Crippen LogP contribution in [0.25, 0.3) is 0 Å². The molecule has 1 rings (SSSR count). The van der Waals surface area contributed by atoms with Crippen LogP contribution in [0, 0.1) is 5.41 Å². The summed E-state index contributed by atoms with van der Waals surface area (Å²) in [6, 6.07) is 7.89. The molecule has 0 spiro atoms. The molecule has 3 heteroatoms. The van der Waals surface area contributed by atoms with E-state index in [1.165, 1.54) is 5.56 Å². The Hall–Kier alpha value is -1.51. The first kappa shape index (κ1) is 14.6. The molecule has 0 aromatic heterocycles. The number of carbonyl (C=O) groups is 1. The number of hydrogen-bond acceptors (Lipinski definition) is 2. The summed E-state index contributed by atoms with van der Waals surface area (Å²) in [5.41, 5.74) is 0.377. The first-order chi connectivity index (χ1) is 8.45. The van der Waals surface area contributed by atoms with Crippen molar-refractivity contribution in [2.24, 2.45) is 5.41 Å². The second kappa shape index (κ2) is 6.43. The SMILES string of the molecule is CCCCc1cccc(OCC(C)(C)C(=O)O)c1. The topological polar surface area (TPSA) is 46.5 Å². The van der Waals surface area contributed by atoms with E-state index in [1.807, 2.05) is 18.2 Å². The summed E-state index contributed by atoms with van der Waals surface area (Å²) < 4.78 is 5.57. The maximum atomic E-state index is 11.0. The zero-order valence-electron chi connectivity index (χ0n) is 11.4. The molecule has 18 heavy (non-hydrogen) atoms. The van der Waals surface area contributed by atoms with E-state index in [1.54, 1.807) is 13.8 Å². The van der Waals surface area contributed by atoms with Crippen molar-refractivity contribution in [2.75, 3.05) is 6.61 Å². The Labute approximate surface area is 109 Å². The van der Waals surface area contributed by atoms with Crippen molar-refractivity contribution >= 4 is 5.97 Å². The number of ether oxygens (including phenoxy) is 1. The van der Waals surface area contributed by atoms with Crippen LogP contribution in [0.3, 0.4) is 0 Å². The third-order valence-electron chi connectivity index (χ3n) is 2.90. The Morgan fingerprint density at radius 3 is 2.72 bits per heavy atom. The minimum absolute atomic E-state index is 0.180. The van der Waals surface area contributed by atoms with Crippen molar-refractivity contribution in [1.29, 1.82) is 0 Å². The third kappa shape index (κ3) is 4.40. The molecule has 1 N–H and O–H groups in total. The molecule has 0 fully saturated rings. The van der Waals surface area contributed by atoms with Crippen molar-refractivity contribution < 1.29 is 14.6 Å². The normalized spacial score (nSPS) is 11.3.